The Morgan fingerprint density at radius 3 is 2.67 bits per heavy atom. The lowest BCUT2D eigenvalue weighted by molar-refractivity contribution is -0.133. The first-order chi connectivity index (χ1) is 11.3. The van der Waals surface area contributed by atoms with Crippen LogP contribution < -0.4 is 11.1 Å². The molecule has 0 bridgehead atoms. The number of rotatable bonds is 5. The van der Waals surface area contributed by atoms with Crippen molar-refractivity contribution in [3.05, 3.63) is 29.8 Å². The van der Waals surface area contributed by atoms with Gasteiger partial charge >= 0.3 is 6.18 Å². The average Bonchev–Trinajstić information content (AvgIpc) is 2.52. The minimum atomic E-state index is -4.32. The van der Waals surface area contributed by atoms with Crippen LogP contribution in [0, 0.1) is 5.92 Å². The first-order valence-electron chi connectivity index (χ1n) is 7.72. The molecule has 0 radical (unpaired) electrons. The number of carbonyl (C=O) groups excluding carboxylic acids is 2. The summed E-state index contributed by atoms with van der Waals surface area (Å²) in [6.07, 6.45) is -4.04. The molecule has 1 aliphatic rings. The van der Waals surface area contributed by atoms with Crippen molar-refractivity contribution in [2.45, 2.75) is 25.4 Å². The maximum absolute atomic E-state index is 12.6. The predicted molar refractivity (Wildman–Crippen MR) is 83.2 cm³/mol. The number of piperidine rings is 1. The highest BCUT2D eigenvalue weighted by Gasteiger charge is 2.29. The second-order valence-electron chi connectivity index (χ2n) is 5.88. The zero-order valence-corrected chi connectivity index (χ0v) is 13.1. The number of carbonyl (C=O) groups is 2. The van der Waals surface area contributed by atoms with E-state index in [9.17, 15) is 22.8 Å². The van der Waals surface area contributed by atoms with Crippen molar-refractivity contribution < 1.29 is 22.8 Å². The number of nitrogens with one attached hydrogen (secondary N) is 1. The Morgan fingerprint density at radius 2 is 2.00 bits per heavy atom. The number of nitrogens with zero attached hydrogens (tertiary/aromatic N) is 1. The maximum atomic E-state index is 12.6. The van der Waals surface area contributed by atoms with Gasteiger partial charge in [-0.2, -0.15) is 13.2 Å². The number of likely N-dealkylation sites (tertiary alicyclic amines) is 1. The zero-order chi connectivity index (χ0) is 17.7. The normalized spacial score (nSPS) is 18.3. The van der Waals surface area contributed by atoms with Crippen molar-refractivity contribution in [3.63, 3.8) is 0 Å². The van der Waals surface area contributed by atoms with Gasteiger partial charge in [0, 0.05) is 18.8 Å². The van der Waals surface area contributed by atoms with E-state index in [4.69, 9.17) is 5.73 Å². The number of halogens is 3. The summed E-state index contributed by atoms with van der Waals surface area (Å²) in [6, 6.07) is 6.02. The van der Waals surface area contributed by atoms with E-state index in [0.717, 1.165) is 0 Å². The van der Waals surface area contributed by atoms with Gasteiger partial charge in [-0.05, 0) is 24.5 Å². The summed E-state index contributed by atoms with van der Waals surface area (Å²) in [5, 5.41) is 2.77. The number of hydrogen-bond acceptors (Lipinski definition) is 3. The highest BCUT2D eigenvalue weighted by molar-refractivity contribution is 5.83. The minimum Gasteiger partial charge on any atom is -0.376 e. The zero-order valence-electron chi connectivity index (χ0n) is 13.1. The first-order valence-corrected chi connectivity index (χ1v) is 7.72. The molecule has 0 spiro atoms. The molecule has 1 aromatic carbocycles. The van der Waals surface area contributed by atoms with Crippen molar-refractivity contribution in [3.8, 4) is 0 Å². The molecular weight excluding hydrogens is 323 g/mol. The van der Waals surface area contributed by atoms with Crippen molar-refractivity contribution in [1.82, 2.24) is 4.90 Å². The van der Waals surface area contributed by atoms with Crippen LogP contribution >= 0.6 is 0 Å². The number of para-hydroxylation sites is 1. The first kappa shape index (κ1) is 18.1. The maximum Gasteiger partial charge on any atom is 0.393 e. The van der Waals surface area contributed by atoms with Gasteiger partial charge in [-0.25, -0.2) is 0 Å². The number of alkyl halides is 3. The van der Waals surface area contributed by atoms with E-state index < -0.39 is 18.5 Å². The number of amides is 2. The van der Waals surface area contributed by atoms with Crippen LogP contribution in [0.3, 0.4) is 0 Å². The Kier molecular flexibility index (Phi) is 5.69. The van der Waals surface area contributed by atoms with E-state index in [0.29, 0.717) is 19.4 Å². The summed E-state index contributed by atoms with van der Waals surface area (Å²) < 4.78 is 37.7. The molecule has 1 unspecified atom stereocenters. The lowest BCUT2D eigenvalue weighted by Gasteiger charge is -2.31. The molecule has 5 nitrogen and oxygen atoms in total. The Balaban J connectivity index is 1.96. The van der Waals surface area contributed by atoms with Gasteiger partial charge in [0.15, 0.2) is 0 Å². The summed E-state index contributed by atoms with van der Waals surface area (Å²) in [5.74, 6) is -1.06. The van der Waals surface area contributed by atoms with Gasteiger partial charge < -0.3 is 16.0 Å². The number of nitrogens with two attached hydrogens (primary N) is 1. The Bertz CT molecular complexity index is 604. The van der Waals surface area contributed by atoms with E-state index in [1.54, 1.807) is 6.07 Å². The summed E-state index contributed by atoms with van der Waals surface area (Å²) >= 11 is 0. The fourth-order valence-electron chi connectivity index (χ4n) is 2.78. The lowest BCUT2D eigenvalue weighted by Crippen LogP contribution is -2.46. The highest BCUT2D eigenvalue weighted by Crippen LogP contribution is 2.26. The van der Waals surface area contributed by atoms with E-state index in [2.05, 4.69) is 5.32 Å². The third-order valence-corrected chi connectivity index (χ3v) is 4.01. The van der Waals surface area contributed by atoms with Crippen LogP contribution in [0.1, 0.15) is 18.4 Å². The van der Waals surface area contributed by atoms with E-state index in [1.807, 2.05) is 0 Å². The topological polar surface area (TPSA) is 75.4 Å². The van der Waals surface area contributed by atoms with Crippen LogP contribution in [0.4, 0.5) is 18.9 Å². The smallest absolute Gasteiger partial charge is 0.376 e. The van der Waals surface area contributed by atoms with Gasteiger partial charge in [0.2, 0.25) is 11.8 Å². The molecule has 1 saturated heterocycles. The fourth-order valence-corrected chi connectivity index (χ4v) is 2.78. The van der Waals surface area contributed by atoms with Gasteiger partial charge in [0.25, 0.3) is 0 Å². The molecule has 132 valence electrons. The molecule has 1 fully saturated rings. The number of anilines is 1. The van der Waals surface area contributed by atoms with Crippen molar-refractivity contribution in [2.75, 3.05) is 25.0 Å². The standard InChI is InChI=1S/C16H20F3N3O2/c17-16(18,19)8-11-4-1-2-6-13(11)21-9-14(23)22-7-3-5-12(10-22)15(20)24/h1-2,4,6,12,21H,3,5,7-10H2,(H2,20,24). The van der Waals surface area contributed by atoms with Gasteiger partial charge in [0.05, 0.1) is 18.9 Å². The minimum absolute atomic E-state index is 0.0893. The lowest BCUT2D eigenvalue weighted by atomic mass is 9.97. The van der Waals surface area contributed by atoms with Crippen LogP contribution in [0.5, 0.6) is 0 Å². The SMILES string of the molecule is NC(=O)C1CCCN(C(=O)CNc2ccccc2CC(F)(F)F)C1. The van der Waals surface area contributed by atoms with Crippen LogP contribution in [0.25, 0.3) is 0 Å². The molecule has 8 heteroatoms. The molecule has 0 saturated carbocycles. The largest absolute Gasteiger partial charge is 0.393 e. The molecule has 0 aromatic heterocycles. The summed E-state index contributed by atoms with van der Waals surface area (Å²) in [4.78, 5) is 25.0. The summed E-state index contributed by atoms with van der Waals surface area (Å²) in [7, 11) is 0. The molecule has 1 aromatic rings. The number of primary amides is 1. The Hall–Kier alpha value is -2.25. The second kappa shape index (κ2) is 7.55. The second-order valence-corrected chi connectivity index (χ2v) is 5.88. The van der Waals surface area contributed by atoms with Gasteiger partial charge in [0.1, 0.15) is 0 Å². The molecule has 1 atom stereocenters. The molecule has 1 aliphatic heterocycles. The molecule has 2 amide bonds. The summed E-state index contributed by atoms with van der Waals surface area (Å²) in [6.45, 7) is 0.662. The van der Waals surface area contributed by atoms with Gasteiger partial charge in [-0.1, -0.05) is 18.2 Å². The molecular formula is C16H20F3N3O2. The van der Waals surface area contributed by atoms with Crippen molar-refractivity contribution in [2.24, 2.45) is 11.7 Å². The fraction of sp³-hybridized carbons (Fsp3) is 0.500. The molecule has 1 heterocycles. The molecule has 2 rings (SSSR count). The van der Waals surface area contributed by atoms with Gasteiger partial charge in [-0.15, -0.1) is 0 Å². The molecule has 0 aliphatic carbocycles. The Labute approximate surface area is 138 Å². The van der Waals surface area contributed by atoms with Crippen LogP contribution in [0.15, 0.2) is 24.3 Å². The van der Waals surface area contributed by atoms with Gasteiger partial charge in [-0.3, -0.25) is 9.59 Å². The van der Waals surface area contributed by atoms with Crippen molar-refractivity contribution >= 4 is 17.5 Å². The van der Waals surface area contributed by atoms with Crippen LogP contribution in [-0.2, 0) is 16.0 Å². The van der Waals surface area contributed by atoms with E-state index >= 15 is 0 Å². The van der Waals surface area contributed by atoms with E-state index in [1.165, 1.54) is 23.1 Å². The number of hydrogen-bond donors (Lipinski definition) is 2. The summed E-state index contributed by atoms with van der Waals surface area (Å²) in [5.41, 5.74) is 5.65. The third-order valence-electron chi connectivity index (χ3n) is 4.01. The monoisotopic (exact) mass is 343 g/mol. The average molecular weight is 343 g/mol. The highest BCUT2D eigenvalue weighted by atomic mass is 19.4. The van der Waals surface area contributed by atoms with Crippen molar-refractivity contribution in [1.29, 1.82) is 0 Å². The van der Waals surface area contributed by atoms with E-state index in [-0.39, 0.29) is 36.2 Å². The third kappa shape index (κ3) is 5.14. The molecule has 24 heavy (non-hydrogen) atoms. The van der Waals surface area contributed by atoms with Crippen LogP contribution in [-0.4, -0.2) is 42.5 Å². The Morgan fingerprint density at radius 1 is 1.29 bits per heavy atom. The predicted octanol–water partition coefficient (Wildman–Crippen LogP) is 1.93. The molecule has 3 N–H and O–H groups in total. The quantitative estimate of drug-likeness (QED) is 0.858. The number of benzene rings is 1. The van der Waals surface area contributed by atoms with Crippen LogP contribution in [0.2, 0.25) is 0 Å².